The monoisotopic (exact) mass is 369 g/mol. The van der Waals surface area contributed by atoms with E-state index < -0.39 is 15.6 Å². The number of hydrogen-bond donors (Lipinski definition) is 0. The molecule has 0 aliphatic carbocycles. The second kappa shape index (κ2) is 7.11. The molecule has 1 saturated heterocycles. The zero-order valence-corrected chi connectivity index (χ0v) is 16.3. The van der Waals surface area contributed by atoms with E-state index in [2.05, 4.69) is 4.90 Å². The van der Waals surface area contributed by atoms with Gasteiger partial charge in [-0.3, -0.25) is 4.31 Å². The predicted molar refractivity (Wildman–Crippen MR) is 99.7 cm³/mol. The first-order valence-electron chi connectivity index (χ1n) is 8.25. The van der Waals surface area contributed by atoms with E-state index in [9.17, 15) is 13.2 Å². The van der Waals surface area contributed by atoms with Gasteiger partial charge < -0.3 is 14.5 Å². The van der Waals surface area contributed by atoms with Gasteiger partial charge in [0.1, 0.15) is 5.60 Å². The van der Waals surface area contributed by atoms with E-state index in [0.29, 0.717) is 31.9 Å². The molecule has 0 atom stereocenters. The van der Waals surface area contributed by atoms with Gasteiger partial charge in [0.15, 0.2) is 0 Å². The minimum atomic E-state index is -3.34. The molecule has 0 unspecified atom stereocenters. The first-order valence-corrected chi connectivity index (χ1v) is 10.1. The topological polar surface area (TPSA) is 70.2 Å². The Balaban J connectivity index is 2.10. The fraction of sp³-hybridized carbons (Fsp3) is 0.588. The molecule has 8 heteroatoms. The highest BCUT2D eigenvalue weighted by Crippen LogP contribution is 2.30. The van der Waals surface area contributed by atoms with Gasteiger partial charge in [-0.1, -0.05) is 12.1 Å². The summed E-state index contributed by atoms with van der Waals surface area (Å²) in [5.74, 6) is 0. The van der Waals surface area contributed by atoms with Crippen LogP contribution in [0.2, 0.25) is 0 Å². The molecule has 1 heterocycles. The molecule has 0 spiro atoms. The number of sulfonamides is 1. The smallest absolute Gasteiger partial charge is 0.410 e. The maximum absolute atomic E-state index is 12.2. The average Bonchev–Trinajstić information content (AvgIpc) is 2.52. The fourth-order valence-electron chi connectivity index (χ4n) is 2.63. The Hall–Kier alpha value is -1.96. The van der Waals surface area contributed by atoms with Crippen LogP contribution in [0.25, 0.3) is 0 Å². The van der Waals surface area contributed by atoms with Gasteiger partial charge in [-0.05, 0) is 32.9 Å². The van der Waals surface area contributed by atoms with Crippen LogP contribution in [0.3, 0.4) is 0 Å². The molecule has 25 heavy (non-hydrogen) atoms. The lowest BCUT2D eigenvalue weighted by atomic mass is 10.2. The van der Waals surface area contributed by atoms with Gasteiger partial charge in [0, 0.05) is 33.2 Å². The van der Waals surface area contributed by atoms with Crippen LogP contribution in [0.1, 0.15) is 20.8 Å². The Labute approximate surface area is 150 Å². The molecule has 7 nitrogen and oxygen atoms in total. The summed E-state index contributed by atoms with van der Waals surface area (Å²) < 4.78 is 30.4. The summed E-state index contributed by atoms with van der Waals surface area (Å²) >= 11 is 0. The highest BCUT2D eigenvalue weighted by atomic mass is 32.2. The molecular formula is C17H27N3O4S. The number of piperazine rings is 1. The van der Waals surface area contributed by atoms with Crippen molar-refractivity contribution in [2.45, 2.75) is 26.4 Å². The van der Waals surface area contributed by atoms with Crippen LogP contribution < -0.4 is 9.21 Å². The zero-order chi connectivity index (χ0) is 18.8. The van der Waals surface area contributed by atoms with Gasteiger partial charge >= 0.3 is 6.09 Å². The van der Waals surface area contributed by atoms with E-state index in [4.69, 9.17) is 4.74 Å². The number of para-hydroxylation sites is 2. The SMILES string of the molecule is CN(c1ccccc1N1CCN(C(=O)OC(C)(C)C)CC1)S(C)(=O)=O. The molecule has 1 aromatic carbocycles. The van der Waals surface area contributed by atoms with Gasteiger partial charge in [-0.25, -0.2) is 13.2 Å². The lowest BCUT2D eigenvalue weighted by Crippen LogP contribution is -2.50. The maximum Gasteiger partial charge on any atom is 0.410 e. The Morgan fingerprint density at radius 3 is 2.20 bits per heavy atom. The number of anilines is 2. The van der Waals surface area contributed by atoms with Crippen molar-refractivity contribution in [3.63, 3.8) is 0 Å². The molecule has 1 amide bonds. The summed E-state index contributed by atoms with van der Waals surface area (Å²) in [7, 11) is -1.79. The average molecular weight is 369 g/mol. The van der Waals surface area contributed by atoms with Gasteiger partial charge in [0.25, 0.3) is 0 Å². The van der Waals surface area contributed by atoms with Gasteiger partial charge in [0.2, 0.25) is 10.0 Å². The molecule has 0 aromatic heterocycles. The second-order valence-corrected chi connectivity index (χ2v) is 9.19. The van der Waals surface area contributed by atoms with Crippen molar-refractivity contribution >= 4 is 27.5 Å². The van der Waals surface area contributed by atoms with E-state index in [-0.39, 0.29) is 6.09 Å². The number of nitrogens with zero attached hydrogens (tertiary/aromatic N) is 3. The summed E-state index contributed by atoms with van der Waals surface area (Å²) in [5, 5.41) is 0. The minimum absolute atomic E-state index is 0.311. The fourth-order valence-corrected chi connectivity index (χ4v) is 3.14. The number of amides is 1. The van der Waals surface area contributed by atoms with Crippen molar-refractivity contribution in [1.29, 1.82) is 0 Å². The van der Waals surface area contributed by atoms with Gasteiger partial charge in [0.05, 0.1) is 17.6 Å². The number of hydrogen-bond acceptors (Lipinski definition) is 5. The van der Waals surface area contributed by atoms with Crippen LogP contribution in [0.5, 0.6) is 0 Å². The standard InChI is InChI=1S/C17H27N3O4S/c1-17(2,3)24-16(21)20-12-10-19(11-13-20)15-9-7-6-8-14(15)18(4)25(5,22)23/h6-9H,10-13H2,1-5H3. The number of carbonyl (C=O) groups excluding carboxylic acids is 1. The summed E-state index contributed by atoms with van der Waals surface area (Å²) in [5.41, 5.74) is 0.967. The van der Waals surface area contributed by atoms with Gasteiger partial charge in [-0.2, -0.15) is 0 Å². The summed E-state index contributed by atoms with van der Waals surface area (Å²) in [4.78, 5) is 15.9. The molecule has 1 aliphatic heterocycles. The molecular weight excluding hydrogens is 342 g/mol. The molecule has 0 radical (unpaired) electrons. The van der Waals surface area contributed by atoms with Crippen molar-refractivity contribution in [1.82, 2.24) is 4.90 Å². The van der Waals surface area contributed by atoms with E-state index in [1.807, 2.05) is 39.0 Å². The predicted octanol–water partition coefficient (Wildman–Crippen LogP) is 2.14. The second-order valence-electron chi connectivity index (χ2n) is 7.17. The van der Waals surface area contributed by atoms with E-state index >= 15 is 0 Å². The minimum Gasteiger partial charge on any atom is -0.444 e. The largest absolute Gasteiger partial charge is 0.444 e. The van der Waals surface area contributed by atoms with Crippen LogP contribution in [0.4, 0.5) is 16.2 Å². The third kappa shape index (κ3) is 5.01. The van der Waals surface area contributed by atoms with Gasteiger partial charge in [-0.15, -0.1) is 0 Å². The van der Waals surface area contributed by atoms with Crippen LogP contribution >= 0.6 is 0 Å². The van der Waals surface area contributed by atoms with Crippen molar-refractivity contribution in [2.24, 2.45) is 0 Å². The normalized spacial score (nSPS) is 15.9. The molecule has 1 aliphatic rings. The van der Waals surface area contributed by atoms with E-state index in [1.165, 1.54) is 10.6 Å². The lowest BCUT2D eigenvalue weighted by molar-refractivity contribution is 0.0240. The van der Waals surface area contributed by atoms with Crippen molar-refractivity contribution in [3.8, 4) is 0 Å². The van der Waals surface area contributed by atoms with Crippen molar-refractivity contribution in [3.05, 3.63) is 24.3 Å². The number of ether oxygens (including phenoxy) is 1. The third-order valence-corrected chi connectivity index (χ3v) is 5.18. The molecule has 1 fully saturated rings. The van der Waals surface area contributed by atoms with Crippen molar-refractivity contribution < 1.29 is 17.9 Å². The highest BCUT2D eigenvalue weighted by molar-refractivity contribution is 7.92. The quantitative estimate of drug-likeness (QED) is 0.816. The van der Waals surface area contributed by atoms with E-state index in [1.54, 1.807) is 18.0 Å². The highest BCUT2D eigenvalue weighted by Gasteiger charge is 2.27. The van der Waals surface area contributed by atoms with Crippen LogP contribution in [-0.4, -0.2) is 64.5 Å². The first kappa shape index (κ1) is 19.4. The van der Waals surface area contributed by atoms with Crippen molar-refractivity contribution in [2.75, 3.05) is 48.7 Å². The van der Waals surface area contributed by atoms with Crippen LogP contribution in [0.15, 0.2) is 24.3 Å². The molecule has 140 valence electrons. The van der Waals surface area contributed by atoms with Crippen LogP contribution in [-0.2, 0) is 14.8 Å². The maximum atomic E-state index is 12.2. The Bertz CT molecular complexity index is 720. The Morgan fingerprint density at radius 2 is 1.68 bits per heavy atom. The Kier molecular flexibility index (Phi) is 5.51. The molecule has 0 saturated carbocycles. The third-order valence-electron chi connectivity index (χ3n) is 3.99. The Morgan fingerprint density at radius 1 is 1.12 bits per heavy atom. The molecule has 0 N–H and O–H groups in total. The number of carbonyl (C=O) groups is 1. The molecule has 1 aromatic rings. The summed E-state index contributed by atoms with van der Waals surface area (Å²) in [6, 6.07) is 7.39. The molecule has 2 rings (SSSR count). The first-order chi connectivity index (χ1) is 11.5. The lowest BCUT2D eigenvalue weighted by Gasteiger charge is -2.38. The van der Waals surface area contributed by atoms with Crippen LogP contribution in [0, 0.1) is 0 Å². The summed E-state index contributed by atoms with van der Waals surface area (Å²) in [6.45, 7) is 7.84. The molecule has 0 bridgehead atoms. The summed E-state index contributed by atoms with van der Waals surface area (Å²) in [6.07, 6.45) is 0.873. The number of rotatable bonds is 3. The zero-order valence-electron chi connectivity index (χ0n) is 15.5. The number of benzene rings is 1. The van der Waals surface area contributed by atoms with E-state index in [0.717, 1.165) is 5.69 Å².